The molecule has 0 aromatic heterocycles. The summed E-state index contributed by atoms with van der Waals surface area (Å²) in [5.74, 6) is -0.773. The number of rotatable bonds is 1. The van der Waals surface area contributed by atoms with Crippen LogP contribution in [0, 0.1) is 0 Å². The van der Waals surface area contributed by atoms with Gasteiger partial charge in [0.2, 0.25) is 0 Å². The minimum atomic E-state index is -0.868. The normalized spacial score (nSPS) is 26.4. The Balaban J connectivity index is 2.40. The standard InChI is InChI=1S/C6H9NO3/c8-4-1-2-5(6(9)10)7-3-4/h5,7H,1-3H2,(H,9,10)/t5-/m1/s1. The van der Waals surface area contributed by atoms with Gasteiger partial charge in [-0.15, -0.1) is 0 Å². The Morgan fingerprint density at radius 2 is 2.40 bits per heavy atom. The molecule has 1 heterocycles. The van der Waals surface area contributed by atoms with Gasteiger partial charge in [0.15, 0.2) is 0 Å². The molecule has 0 bridgehead atoms. The summed E-state index contributed by atoms with van der Waals surface area (Å²) in [6, 6.07) is -0.516. The number of aliphatic carboxylic acids is 1. The van der Waals surface area contributed by atoms with Crippen LogP contribution in [-0.2, 0) is 9.59 Å². The molecule has 0 aromatic rings. The van der Waals surface area contributed by atoms with E-state index in [4.69, 9.17) is 5.11 Å². The van der Waals surface area contributed by atoms with Crippen LogP contribution < -0.4 is 5.32 Å². The van der Waals surface area contributed by atoms with Crippen molar-refractivity contribution in [2.75, 3.05) is 6.54 Å². The van der Waals surface area contributed by atoms with Crippen molar-refractivity contribution in [2.45, 2.75) is 18.9 Å². The lowest BCUT2D eigenvalue weighted by atomic mass is 10.0. The van der Waals surface area contributed by atoms with Crippen LogP contribution in [0.15, 0.2) is 0 Å². The van der Waals surface area contributed by atoms with E-state index in [0.29, 0.717) is 12.8 Å². The fourth-order valence-corrected chi connectivity index (χ4v) is 0.944. The first-order chi connectivity index (χ1) is 4.70. The highest BCUT2D eigenvalue weighted by molar-refractivity contribution is 5.84. The zero-order valence-electron chi connectivity index (χ0n) is 5.46. The number of Topliss-reactive ketones (excluding diaryl/α,β-unsaturated/α-hetero) is 1. The van der Waals surface area contributed by atoms with Gasteiger partial charge in [0, 0.05) is 6.42 Å². The molecule has 1 saturated heterocycles. The summed E-state index contributed by atoms with van der Waals surface area (Å²) >= 11 is 0. The molecule has 0 amide bonds. The number of carboxylic acids is 1. The molecular weight excluding hydrogens is 134 g/mol. The summed E-state index contributed by atoms with van der Waals surface area (Å²) in [6.07, 6.45) is 0.818. The zero-order valence-corrected chi connectivity index (χ0v) is 5.46. The maximum atomic E-state index is 10.6. The fraction of sp³-hybridized carbons (Fsp3) is 0.667. The number of carboxylic acid groups (broad SMARTS) is 1. The minimum absolute atomic E-state index is 0.0949. The highest BCUT2D eigenvalue weighted by atomic mass is 16.4. The number of nitrogens with one attached hydrogen (secondary N) is 1. The van der Waals surface area contributed by atoms with Gasteiger partial charge in [-0.2, -0.15) is 0 Å². The maximum Gasteiger partial charge on any atom is 0.320 e. The SMILES string of the molecule is O=C1CC[C@H](C(=O)O)NC1. The number of ketones is 1. The summed E-state index contributed by atoms with van der Waals surface area (Å²) in [5, 5.41) is 11.1. The summed E-state index contributed by atoms with van der Waals surface area (Å²) in [6.45, 7) is 0.205. The van der Waals surface area contributed by atoms with E-state index in [2.05, 4.69) is 5.32 Å². The molecule has 1 aliphatic heterocycles. The molecule has 56 valence electrons. The quantitative estimate of drug-likeness (QED) is 0.514. The predicted octanol–water partition coefficient (Wildman–Crippen LogP) is -0.608. The third-order valence-corrected chi connectivity index (χ3v) is 1.56. The van der Waals surface area contributed by atoms with Gasteiger partial charge in [-0.1, -0.05) is 0 Å². The summed E-state index contributed by atoms with van der Waals surface area (Å²) in [7, 11) is 0. The van der Waals surface area contributed by atoms with E-state index in [1.165, 1.54) is 0 Å². The molecule has 0 radical (unpaired) electrons. The minimum Gasteiger partial charge on any atom is -0.480 e. The maximum absolute atomic E-state index is 10.6. The Morgan fingerprint density at radius 1 is 1.70 bits per heavy atom. The first kappa shape index (κ1) is 7.21. The highest BCUT2D eigenvalue weighted by Gasteiger charge is 2.22. The Hall–Kier alpha value is -0.900. The van der Waals surface area contributed by atoms with Crippen LogP contribution in [0.4, 0.5) is 0 Å². The lowest BCUT2D eigenvalue weighted by Crippen LogP contribution is -2.44. The molecule has 4 nitrogen and oxygen atoms in total. The Morgan fingerprint density at radius 3 is 2.80 bits per heavy atom. The van der Waals surface area contributed by atoms with Crippen molar-refractivity contribution in [3.8, 4) is 0 Å². The van der Waals surface area contributed by atoms with Crippen LogP contribution in [0.2, 0.25) is 0 Å². The number of hydrogen-bond acceptors (Lipinski definition) is 3. The lowest BCUT2D eigenvalue weighted by molar-refractivity contribution is -0.140. The van der Waals surface area contributed by atoms with Crippen LogP contribution >= 0.6 is 0 Å². The average Bonchev–Trinajstić information content (AvgIpc) is 1.88. The molecule has 0 aromatic carbocycles. The number of carbonyl (C=O) groups is 2. The average molecular weight is 143 g/mol. The Kier molecular flexibility index (Phi) is 2.01. The Labute approximate surface area is 58.2 Å². The molecule has 0 spiro atoms. The lowest BCUT2D eigenvalue weighted by Gasteiger charge is -2.17. The molecule has 0 aliphatic carbocycles. The zero-order chi connectivity index (χ0) is 7.56. The molecule has 0 saturated carbocycles. The third kappa shape index (κ3) is 1.54. The van der Waals surface area contributed by atoms with Crippen LogP contribution in [0.3, 0.4) is 0 Å². The van der Waals surface area contributed by atoms with E-state index in [1.54, 1.807) is 0 Å². The van der Waals surface area contributed by atoms with Crippen molar-refractivity contribution >= 4 is 11.8 Å². The van der Waals surface area contributed by atoms with Crippen molar-refractivity contribution in [1.29, 1.82) is 0 Å². The molecule has 0 unspecified atom stereocenters. The Bertz CT molecular complexity index is 156. The van der Waals surface area contributed by atoms with Crippen LogP contribution in [-0.4, -0.2) is 29.4 Å². The van der Waals surface area contributed by atoms with Gasteiger partial charge in [-0.25, -0.2) is 0 Å². The van der Waals surface area contributed by atoms with Crippen molar-refractivity contribution in [3.05, 3.63) is 0 Å². The number of piperidine rings is 1. The second-order valence-electron chi connectivity index (χ2n) is 2.35. The van der Waals surface area contributed by atoms with Crippen LogP contribution in [0.1, 0.15) is 12.8 Å². The predicted molar refractivity (Wildman–Crippen MR) is 33.7 cm³/mol. The van der Waals surface area contributed by atoms with Gasteiger partial charge >= 0.3 is 5.97 Å². The molecule has 1 fully saturated rings. The van der Waals surface area contributed by atoms with Gasteiger partial charge in [-0.05, 0) is 6.42 Å². The molecule has 10 heavy (non-hydrogen) atoms. The first-order valence-corrected chi connectivity index (χ1v) is 3.18. The van der Waals surface area contributed by atoms with E-state index >= 15 is 0 Å². The second-order valence-corrected chi connectivity index (χ2v) is 2.35. The van der Waals surface area contributed by atoms with E-state index in [1.807, 2.05) is 0 Å². The molecule has 1 aliphatic rings. The van der Waals surface area contributed by atoms with E-state index in [0.717, 1.165) is 0 Å². The van der Waals surface area contributed by atoms with Gasteiger partial charge in [0.05, 0.1) is 6.54 Å². The topological polar surface area (TPSA) is 66.4 Å². The van der Waals surface area contributed by atoms with Crippen molar-refractivity contribution < 1.29 is 14.7 Å². The molecule has 1 atom stereocenters. The van der Waals surface area contributed by atoms with E-state index < -0.39 is 12.0 Å². The van der Waals surface area contributed by atoms with Gasteiger partial charge in [0.1, 0.15) is 11.8 Å². The third-order valence-electron chi connectivity index (χ3n) is 1.56. The monoisotopic (exact) mass is 143 g/mol. The second kappa shape index (κ2) is 2.79. The number of hydrogen-bond donors (Lipinski definition) is 2. The first-order valence-electron chi connectivity index (χ1n) is 3.18. The molecular formula is C6H9NO3. The van der Waals surface area contributed by atoms with E-state index in [9.17, 15) is 9.59 Å². The summed E-state index contributed by atoms with van der Waals surface area (Å²) in [5.41, 5.74) is 0. The van der Waals surface area contributed by atoms with Gasteiger partial charge in [0.25, 0.3) is 0 Å². The van der Waals surface area contributed by atoms with Crippen molar-refractivity contribution in [3.63, 3.8) is 0 Å². The smallest absolute Gasteiger partial charge is 0.320 e. The number of carbonyl (C=O) groups excluding carboxylic acids is 1. The largest absolute Gasteiger partial charge is 0.480 e. The van der Waals surface area contributed by atoms with Gasteiger partial charge < -0.3 is 5.11 Å². The molecule has 1 rings (SSSR count). The van der Waals surface area contributed by atoms with E-state index in [-0.39, 0.29) is 12.3 Å². The molecule has 2 N–H and O–H groups in total. The highest BCUT2D eigenvalue weighted by Crippen LogP contribution is 2.03. The van der Waals surface area contributed by atoms with Crippen molar-refractivity contribution in [2.24, 2.45) is 0 Å². The van der Waals surface area contributed by atoms with Crippen LogP contribution in [0.25, 0.3) is 0 Å². The van der Waals surface area contributed by atoms with Gasteiger partial charge in [-0.3, -0.25) is 14.9 Å². The molecule has 4 heteroatoms. The summed E-state index contributed by atoms with van der Waals surface area (Å²) in [4.78, 5) is 20.9. The van der Waals surface area contributed by atoms with Crippen molar-refractivity contribution in [1.82, 2.24) is 5.32 Å². The van der Waals surface area contributed by atoms with Crippen LogP contribution in [0.5, 0.6) is 0 Å². The fourth-order valence-electron chi connectivity index (χ4n) is 0.944. The summed E-state index contributed by atoms with van der Waals surface area (Å²) < 4.78 is 0.